The van der Waals surface area contributed by atoms with E-state index in [0.29, 0.717) is 12.1 Å². The summed E-state index contributed by atoms with van der Waals surface area (Å²) in [6.45, 7) is 5.02. The molecule has 4 heteroatoms. The van der Waals surface area contributed by atoms with Crippen LogP contribution in [0.1, 0.15) is 13.3 Å². The summed E-state index contributed by atoms with van der Waals surface area (Å²) in [7, 11) is 4.12. The number of hydrogen-bond acceptors (Lipinski definition) is 3. The number of likely N-dealkylation sites (N-methyl/N-ethyl adjacent to an activating group) is 2. The van der Waals surface area contributed by atoms with E-state index >= 15 is 0 Å². The SMILES string of the molecule is CNCC1CN(c2ccccc2F)C(C)CCN1C. The highest BCUT2D eigenvalue weighted by molar-refractivity contribution is 5.49. The highest BCUT2D eigenvalue weighted by Gasteiger charge is 2.27. The third-order valence-corrected chi connectivity index (χ3v) is 4.06. The molecular formula is C15H24FN3. The number of halogens is 1. The van der Waals surface area contributed by atoms with Crippen LogP contribution >= 0.6 is 0 Å². The average Bonchev–Trinajstić information content (AvgIpc) is 2.53. The van der Waals surface area contributed by atoms with Gasteiger partial charge < -0.3 is 15.1 Å². The summed E-state index contributed by atoms with van der Waals surface area (Å²) in [4.78, 5) is 4.58. The highest BCUT2D eigenvalue weighted by Crippen LogP contribution is 2.25. The van der Waals surface area contributed by atoms with E-state index in [1.807, 2.05) is 19.2 Å². The Labute approximate surface area is 115 Å². The highest BCUT2D eigenvalue weighted by atomic mass is 19.1. The molecule has 19 heavy (non-hydrogen) atoms. The molecule has 0 bridgehead atoms. The fraction of sp³-hybridized carbons (Fsp3) is 0.600. The van der Waals surface area contributed by atoms with E-state index in [1.54, 1.807) is 12.1 Å². The van der Waals surface area contributed by atoms with Gasteiger partial charge in [-0.1, -0.05) is 12.1 Å². The number of nitrogens with zero attached hydrogens (tertiary/aromatic N) is 2. The Morgan fingerprint density at radius 1 is 1.37 bits per heavy atom. The van der Waals surface area contributed by atoms with Crippen molar-refractivity contribution in [3.63, 3.8) is 0 Å². The van der Waals surface area contributed by atoms with Gasteiger partial charge in [0.2, 0.25) is 0 Å². The second-order valence-electron chi connectivity index (χ2n) is 5.43. The Morgan fingerprint density at radius 2 is 2.11 bits per heavy atom. The first-order valence-corrected chi connectivity index (χ1v) is 6.99. The zero-order valence-electron chi connectivity index (χ0n) is 12.1. The van der Waals surface area contributed by atoms with Gasteiger partial charge >= 0.3 is 0 Å². The Balaban J connectivity index is 2.24. The Morgan fingerprint density at radius 3 is 2.79 bits per heavy atom. The van der Waals surface area contributed by atoms with Crippen molar-refractivity contribution in [2.75, 3.05) is 38.6 Å². The lowest BCUT2D eigenvalue weighted by molar-refractivity contribution is 0.256. The van der Waals surface area contributed by atoms with Gasteiger partial charge in [-0.25, -0.2) is 4.39 Å². The molecule has 1 fully saturated rings. The second-order valence-corrected chi connectivity index (χ2v) is 5.43. The van der Waals surface area contributed by atoms with Gasteiger partial charge in [0.1, 0.15) is 5.82 Å². The van der Waals surface area contributed by atoms with Crippen LogP contribution in [0.15, 0.2) is 24.3 Å². The van der Waals surface area contributed by atoms with Crippen LogP contribution in [0.5, 0.6) is 0 Å². The summed E-state index contributed by atoms with van der Waals surface area (Å²) in [5.41, 5.74) is 0.728. The van der Waals surface area contributed by atoms with Crippen LogP contribution in [0.2, 0.25) is 0 Å². The molecule has 0 amide bonds. The molecule has 0 radical (unpaired) electrons. The Hall–Kier alpha value is -1.13. The van der Waals surface area contributed by atoms with Crippen molar-refractivity contribution in [3.05, 3.63) is 30.1 Å². The minimum absolute atomic E-state index is 0.123. The minimum atomic E-state index is -0.123. The number of para-hydroxylation sites is 1. The summed E-state index contributed by atoms with van der Waals surface area (Å²) < 4.78 is 14.0. The largest absolute Gasteiger partial charge is 0.365 e. The van der Waals surface area contributed by atoms with Crippen molar-refractivity contribution in [2.45, 2.75) is 25.4 Å². The molecule has 1 aromatic rings. The van der Waals surface area contributed by atoms with E-state index in [-0.39, 0.29) is 5.82 Å². The number of nitrogens with one attached hydrogen (secondary N) is 1. The van der Waals surface area contributed by atoms with Gasteiger partial charge in [0, 0.05) is 31.7 Å². The van der Waals surface area contributed by atoms with Crippen LogP contribution < -0.4 is 10.2 Å². The smallest absolute Gasteiger partial charge is 0.146 e. The van der Waals surface area contributed by atoms with Crippen LogP contribution in [0.25, 0.3) is 0 Å². The normalized spacial score (nSPS) is 25.4. The predicted octanol–water partition coefficient (Wildman–Crippen LogP) is 1.94. The lowest BCUT2D eigenvalue weighted by Gasteiger charge is -2.33. The molecule has 2 rings (SSSR count). The fourth-order valence-electron chi connectivity index (χ4n) is 2.75. The third kappa shape index (κ3) is 3.25. The number of rotatable bonds is 3. The lowest BCUT2D eigenvalue weighted by atomic mass is 10.1. The number of anilines is 1. The number of benzene rings is 1. The summed E-state index contributed by atoms with van der Waals surface area (Å²) >= 11 is 0. The monoisotopic (exact) mass is 265 g/mol. The van der Waals surface area contributed by atoms with Crippen LogP contribution in [-0.2, 0) is 0 Å². The number of hydrogen-bond donors (Lipinski definition) is 1. The molecule has 106 valence electrons. The minimum Gasteiger partial charge on any atom is -0.365 e. The summed E-state index contributed by atoms with van der Waals surface area (Å²) in [6, 6.07) is 7.86. The third-order valence-electron chi connectivity index (χ3n) is 4.06. The van der Waals surface area contributed by atoms with E-state index in [4.69, 9.17) is 0 Å². The van der Waals surface area contributed by atoms with Gasteiger partial charge in [0.05, 0.1) is 5.69 Å². The molecule has 1 saturated heterocycles. The topological polar surface area (TPSA) is 18.5 Å². The quantitative estimate of drug-likeness (QED) is 0.901. The molecule has 0 saturated carbocycles. The maximum absolute atomic E-state index is 14.0. The Bertz CT molecular complexity index is 410. The van der Waals surface area contributed by atoms with Crippen LogP contribution in [0.3, 0.4) is 0 Å². The zero-order valence-corrected chi connectivity index (χ0v) is 12.1. The fourth-order valence-corrected chi connectivity index (χ4v) is 2.75. The van der Waals surface area contributed by atoms with Crippen molar-refractivity contribution < 1.29 is 4.39 Å². The molecule has 1 heterocycles. The first-order valence-electron chi connectivity index (χ1n) is 6.99. The van der Waals surface area contributed by atoms with Crippen molar-refractivity contribution in [3.8, 4) is 0 Å². The van der Waals surface area contributed by atoms with E-state index in [2.05, 4.69) is 29.1 Å². The summed E-state index contributed by atoms with van der Waals surface area (Å²) in [5, 5.41) is 3.23. The summed E-state index contributed by atoms with van der Waals surface area (Å²) in [6.07, 6.45) is 1.06. The summed E-state index contributed by atoms with van der Waals surface area (Å²) in [5.74, 6) is -0.123. The van der Waals surface area contributed by atoms with Crippen LogP contribution in [0.4, 0.5) is 10.1 Å². The molecule has 2 unspecified atom stereocenters. The van der Waals surface area contributed by atoms with Gasteiger partial charge in [-0.05, 0) is 39.6 Å². The molecule has 1 N–H and O–H groups in total. The Kier molecular flexibility index (Phi) is 4.77. The molecule has 0 aromatic heterocycles. The van der Waals surface area contributed by atoms with Crippen molar-refractivity contribution >= 4 is 5.69 Å². The second kappa shape index (κ2) is 6.35. The van der Waals surface area contributed by atoms with Crippen LogP contribution in [0, 0.1) is 5.82 Å². The van der Waals surface area contributed by atoms with E-state index in [1.165, 1.54) is 0 Å². The van der Waals surface area contributed by atoms with Crippen molar-refractivity contribution in [2.24, 2.45) is 0 Å². The molecule has 3 nitrogen and oxygen atoms in total. The molecule has 0 spiro atoms. The first kappa shape index (κ1) is 14.3. The molecule has 1 aliphatic rings. The standard InChI is InChI=1S/C15H24FN3/c1-12-8-9-18(3)13(10-17-2)11-19(12)15-7-5-4-6-14(15)16/h4-7,12-13,17H,8-11H2,1-3H3. The van der Waals surface area contributed by atoms with Gasteiger partial charge in [-0.2, -0.15) is 0 Å². The van der Waals surface area contributed by atoms with Gasteiger partial charge in [-0.15, -0.1) is 0 Å². The first-order chi connectivity index (χ1) is 9.13. The maximum atomic E-state index is 14.0. The zero-order chi connectivity index (χ0) is 13.8. The van der Waals surface area contributed by atoms with Crippen molar-refractivity contribution in [1.82, 2.24) is 10.2 Å². The lowest BCUT2D eigenvalue weighted by Crippen LogP contribution is -2.46. The van der Waals surface area contributed by atoms with Crippen LogP contribution in [-0.4, -0.2) is 50.7 Å². The van der Waals surface area contributed by atoms with Crippen molar-refractivity contribution in [1.29, 1.82) is 0 Å². The molecule has 2 atom stereocenters. The van der Waals surface area contributed by atoms with Gasteiger partial charge in [0.15, 0.2) is 0 Å². The van der Waals surface area contributed by atoms with E-state index in [9.17, 15) is 4.39 Å². The average molecular weight is 265 g/mol. The van der Waals surface area contributed by atoms with E-state index < -0.39 is 0 Å². The molecule has 0 aliphatic carbocycles. The maximum Gasteiger partial charge on any atom is 0.146 e. The predicted molar refractivity (Wildman–Crippen MR) is 78.2 cm³/mol. The molecule has 1 aromatic carbocycles. The van der Waals surface area contributed by atoms with Gasteiger partial charge in [-0.3, -0.25) is 0 Å². The molecule has 1 aliphatic heterocycles. The van der Waals surface area contributed by atoms with Gasteiger partial charge in [0.25, 0.3) is 0 Å². The van der Waals surface area contributed by atoms with E-state index in [0.717, 1.165) is 31.7 Å². The molecular weight excluding hydrogens is 241 g/mol.